The summed E-state index contributed by atoms with van der Waals surface area (Å²) in [7, 11) is -2.41. The Balaban J connectivity index is 0.802. The summed E-state index contributed by atoms with van der Waals surface area (Å²) in [5, 5.41) is 16.4. The lowest BCUT2D eigenvalue weighted by Gasteiger charge is -2.57. The van der Waals surface area contributed by atoms with E-state index in [0.717, 1.165) is 82.1 Å². The number of anilines is 2. The number of carbonyl (C=O) groups is 1. The van der Waals surface area contributed by atoms with Crippen LogP contribution in [0.25, 0.3) is 11.0 Å². The summed E-state index contributed by atoms with van der Waals surface area (Å²) in [6.07, 6.45) is 10.0. The van der Waals surface area contributed by atoms with Crippen LogP contribution < -0.4 is 24.4 Å². The van der Waals surface area contributed by atoms with Crippen molar-refractivity contribution < 1.29 is 32.3 Å². The molecule has 1 amide bonds. The molecular formula is C51H61N9O8S. The lowest BCUT2D eigenvalue weighted by atomic mass is 9.59. The van der Waals surface area contributed by atoms with Crippen molar-refractivity contribution in [1.29, 1.82) is 0 Å². The molecule has 1 spiro atoms. The second-order valence-electron chi connectivity index (χ2n) is 20.5. The van der Waals surface area contributed by atoms with Crippen LogP contribution in [0.2, 0.25) is 0 Å². The largest absolute Gasteiger partial charge is 0.489 e. The molecule has 5 aliphatic heterocycles. The molecule has 5 aromatic rings. The molecule has 4 atom stereocenters. The first-order valence-electron chi connectivity index (χ1n) is 24.5. The lowest BCUT2D eigenvalue weighted by Crippen LogP contribution is -2.56. The van der Waals surface area contributed by atoms with Crippen molar-refractivity contribution >= 4 is 44.0 Å². The third kappa shape index (κ3) is 9.01. The van der Waals surface area contributed by atoms with Gasteiger partial charge in [0.2, 0.25) is 0 Å². The molecule has 5 fully saturated rings. The van der Waals surface area contributed by atoms with Crippen LogP contribution in [0.3, 0.4) is 0 Å². The average Bonchev–Trinajstić information content (AvgIpc) is 4.07. The number of rotatable bonds is 12. The molecule has 4 saturated heterocycles. The third-order valence-electron chi connectivity index (χ3n) is 15.8. The van der Waals surface area contributed by atoms with Gasteiger partial charge < -0.3 is 34.3 Å². The van der Waals surface area contributed by atoms with Gasteiger partial charge in [-0.15, -0.1) is 0 Å². The zero-order chi connectivity index (χ0) is 47.6. The number of nitrogens with one attached hydrogen (secondary N) is 3. The van der Waals surface area contributed by atoms with Crippen LogP contribution >= 0.6 is 0 Å². The Kier molecular flexibility index (Phi) is 12.0. The van der Waals surface area contributed by atoms with Crippen molar-refractivity contribution in [2.75, 3.05) is 76.3 Å². The van der Waals surface area contributed by atoms with E-state index in [4.69, 9.17) is 14.2 Å². The van der Waals surface area contributed by atoms with Crippen molar-refractivity contribution in [3.05, 3.63) is 106 Å². The normalized spacial score (nSPS) is 24.1. The number of ether oxygens (including phenoxy) is 3. The van der Waals surface area contributed by atoms with E-state index in [2.05, 4.69) is 84.8 Å². The van der Waals surface area contributed by atoms with Crippen molar-refractivity contribution in [3.63, 3.8) is 0 Å². The zero-order valence-electron chi connectivity index (χ0n) is 39.4. The Morgan fingerprint density at radius 1 is 1.01 bits per heavy atom. The smallest absolute Gasteiger partial charge is 0.297 e. The highest BCUT2D eigenvalue weighted by atomic mass is 32.2. The summed E-state index contributed by atoms with van der Waals surface area (Å²) < 4.78 is 48.3. The first-order chi connectivity index (χ1) is 33.3. The van der Waals surface area contributed by atoms with Gasteiger partial charge in [0.15, 0.2) is 11.4 Å². The van der Waals surface area contributed by atoms with Gasteiger partial charge >= 0.3 is 0 Å². The maximum atomic E-state index is 14.2. The minimum absolute atomic E-state index is 0.0210. The number of morpholine rings is 1. The monoisotopic (exact) mass is 959 g/mol. The molecule has 1 saturated carbocycles. The fourth-order valence-electron chi connectivity index (χ4n) is 12.0. The molecule has 18 heteroatoms. The number of nitrogens with zero attached hydrogens (tertiary/aromatic N) is 6. The van der Waals surface area contributed by atoms with Crippen molar-refractivity contribution in [3.8, 4) is 17.2 Å². The number of nitro groups is 1. The maximum Gasteiger partial charge on any atom is 0.297 e. The summed E-state index contributed by atoms with van der Waals surface area (Å²) in [5.74, 6) is 0.0396. The van der Waals surface area contributed by atoms with E-state index in [1.165, 1.54) is 30.0 Å². The summed E-state index contributed by atoms with van der Waals surface area (Å²) >= 11 is 0. The van der Waals surface area contributed by atoms with E-state index in [9.17, 15) is 23.3 Å². The highest BCUT2D eigenvalue weighted by Gasteiger charge is 2.50. The minimum Gasteiger partial charge on any atom is -0.489 e. The van der Waals surface area contributed by atoms with E-state index in [-0.39, 0.29) is 46.9 Å². The first-order valence-corrected chi connectivity index (χ1v) is 25.9. The van der Waals surface area contributed by atoms with Crippen LogP contribution in [-0.4, -0.2) is 134 Å². The molecule has 6 aliphatic rings. The fourth-order valence-corrected chi connectivity index (χ4v) is 13.0. The van der Waals surface area contributed by atoms with Crippen molar-refractivity contribution in [2.24, 2.45) is 5.41 Å². The van der Waals surface area contributed by atoms with Crippen LogP contribution in [-0.2, 0) is 14.8 Å². The molecule has 7 heterocycles. The number of carbonyl (C=O) groups excluding carboxylic acids is 1. The standard InChI is InChI=1S/C51H61N9O8S/c1-32(2)41-6-4-5-7-42(41)44-11-15-56(3)18-19-59(44)37-25-51(26-37)12-16-57(17-13-51)35-8-9-43(46(22-35)68-38-20-33-10-14-52-49(33)53-27-38)50(61)55-69(64,65)40-23-45(60(62)63)48-47(24-40)67-30-34(54-48)28-58-29-39-21-36(58)31-66-39/h4-10,14,20,22-24,27,32,34,36-37,39,44,54H,11-13,15-19,21,25-26,28-31H2,1-3H3,(H,52,53)(H,55,61)/t34-,36+,39+,44?/m1/s1. The summed E-state index contributed by atoms with van der Waals surface area (Å²) in [6, 6.07) is 21.0. The molecule has 0 radical (unpaired) electrons. The quantitative estimate of drug-likeness (QED) is 0.0836. The van der Waals surface area contributed by atoms with E-state index in [0.29, 0.717) is 48.6 Å². The van der Waals surface area contributed by atoms with Gasteiger partial charge in [-0.05, 0) is 98.8 Å². The van der Waals surface area contributed by atoms with Crippen LogP contribution in [0.15, 0.2) is 84.0 Å². The molecule has 11 rings (SSSR count). The maximum absolute atomic E-state index is 14.2. The fraction of sp³-hybridized carbons (Fsp3) is 0.490. The van der Waals surface area contributed by atoms with Gasteiger partial charge in [-0.25, -0.2) is 18.1 Å². The SMILES string of the molecule is CC(C)c1ccccc1C1CCN(C)CCN1C1CC2(CCN(c3ccc(C(=O)NS(=O)(=O)c4cc5c(c([N+](=O)[O-])c4)N[C@H](CN4C[C@@H]6C[C@H]4CO6)CO5)c(Oc4cnc5[nH]ccc5c4)c3)CC2)C1. The Labute approximate surface area is 402 Å². The van der Waals surface area contributed by atoms with Crippen molar-refractivity contribution in [1.82, 2.24) is 29.4 Å². The summed E-state index contributed by atoms with van der Waals surface area (Å²) in [5.41, 5.74) is 4.32. The van der Waals surface area contributed by atoms with E-state index >= 15 is 0 Å². The predicted molar refractivity (Wildman–Crippen MR) is 262 cm³/mol. The topological polar surface area (TPSA) is 188 Å². The number of hydrogen-bond donors (Lipinski definition) is 3. The van der Waals surface area contributed by atoms with Crippen LogP contribution in [0.5, 0.6) is 17.2 Å². The Morgan fingerprint density at radius 3 is 2.61 bits per heavy atom. The highest BCUT2D eigenvalue weighted by molar-refractivity contribution is 7.90. The van der Waals surface area contributed by atoms with Crippen LogP contribution in [0.4, 0.5) is 17.1 Å². The Morgan fingerprint density at radius 2 is 1.84 bits per heavy atom. The number of nitro benzene ring substituents is 1. The highest BCUT2D eigenvalue weighted by Crippen LogP contribution is 2.53. The lowest BCUT2D eigenvalue weighted by molar-refractivity contribution is -0.384. The number of amides is 1. The van der Waals surface area contributed by atoms with Gasteiger partial charge in [0.1, 0.15) is 23.8 Å². The Hall–Kier alpha value is -5.79. The summed E-state index contributed by atoms with van der Waals surface area (Å²) in [6.45, 7) is 11.7. The van der Waals surface area contributed by atoms with Gasteiger partial charge in [-0.3, -0.25) is 24.7 Å². The van der Waals surface area contributed by atoms with E-state index < -0.39 is 31.4 Å². The number of benzene rings is 3. The number of likely N-dealkylation sites (tertiary alicyclic amines) is 1. The number of pyridine rings is 1. The zero-order valence-corrected chi connectivity index (χ0v) is 40.3. The third-order valence-corrected chi connectivity index (χ3v) is 17.1. The van der Waals surface area contributed by atoms with Crippen LogP contribution in [0.1, 0.15) is 85.8 Å². The number of likely N-dealkylation sites (N-methyl/N-ethyl adjacent to an activating group) is 1. The minimum atomic E-state index is -4.65. The van der Waals surface area contributed by atoms with Crippen molar-refractivity contribution in [2.45, 2.75) is 93.5 Å². The predicted octanol–water partition coefficient (Wildman–Crippen LogP) is 7.28. The number of aromatic amines is 1. The molecule has 2 aromatic heterocycles. The molecule has 3 N–H and O–H groups in total. The van der Waals surface area contributed by atoms with Gasteiger partial charge in [0.25, 0.3) is 21.6 Å². The molecule has 364 valence electrons. The number of aromatic nitrogens is 2. The second kappa shape index (κ2) is 18.2. The molecule has 1 unspecified atom stereocenters. The molecule has 3 aromatic carbocycles. The average molecular weight is 960 g/mol. The molecule has 69 heavy (non-hydrogen) atoms. The number of hydrogen-bond acceptors (Lipinski definition) is 14. The van der Waals surface area contributed by atoms with E-state index in [1.54, 1.807) is 30.6 Å². The van der Waals surface area contributed by atoms with Gasteiger partial charge in [-0.2, -0.15) is 0 Å². The number of fused-ring (bicyclic) bond motifs is 4. The van der Waals surface area contributed by atoms with Gasteiger partial charge in [0.05, 0.1) is 40.3 Å². The van der Waals surface area contributed by atoms with Gasteiger partial charge in [0, 0.05) is 92.9 Å². The molecule has 17 nitrogen and oxygen atoms in total. The number of piperidine rings is 1. The number of H-pyrrole nitrogens is 1. The summed E-state index contributed by atoms with van der Waals surface area (Å²) in [4.78, 5) is 42.9. The van der Waals surface area contributed by atoms with E-state index in [1.807, 2.05) is 12.1 Å². The molecule has 2 bridgehead atoms. The second-order valence-corrected chi connectivity index (χ2v) is 22.2. The number of sulfonamides is 1. The Bertz CT molecular complexity index is 2880. The molecular weight excluding hydrogens is 899 g/mol. The first kappa shape index (κ1) is 45.6. The molecule has 1 aliphatic carbocycles. The van der Waals surface area contributed by atoms with Crippen LogP contribution in [0, 0.1) is 15.5 Å². The van der Waals surface area contributed by atoms with Gasteiger partial charge in [-0.1, -0.05) is 38.1 Å².